The monoisotopic (exact) mass is 419 g/mol. The number of amides is 1. The van der Waals surface area contributed by atoms with Crippen LogP contribution in [0.5, 0.6) is 0 Å². The lowest BCUT2D eigenvalue weighted by molar-refractivity contribution is -0.134. The molecule has 0 bridgehead atoms. The summed E-state index contributed by atoms with van der Waals surface area (Å²) >= 11 is 0. The van der Waals surface area contributed by atoms with Gasteiger partial charge in [-0.3, -0.25) is 9.69 Å². The van der Waals surface area contributed by atoms with Crippen LogP contribution in [0, 0.1) is 11.8 Å². The minimum atomic E-state index is -3.34. The number of hydrogen-bond acceptors (Lipinski definition) is 4. The minimum absolute atomic E-state index is 0.0259. The molecule has 3 fully saturated rings. The summed E-state index contributed by atoms with van der Waals surface area (Å²) in [5.41, 5.74) is 0.803. The van der Waals surface area contributed by atoms with Crippen molar-refractivity contribution in [2.45, 2.75) is 37.9 Å². The molecule has 3 aliphatic rings. The number of piperazine rings is 1. The first-order valence-corrected chi connectivity index (χ1v) is 12.6. The number of piperidine rings is 1. The van der Waals surface area contributed by atoms with Crippen LogP contribution >= 0.6 is 0 Å². The molecular weight excluding hydrogens is 386 g/mol. The zero-order valence-electron chi connectivity index (χ0n) is 17.2. The fraction of sp³-hybridized carbons (Fsp3) is 0.682. The Balaban J connectivity index is 1.25. The summed E-state index contributed by atoms with van der Waals surface area (Å²) in [6.45, 7) is 4.34. The first kappa shape index (κ1) is 20.8. The van der Waals surface area contributed by atoms with Gasteiger partial charge in [-0.1, -0.05) is 49.6 Å². The molecule has 0 N–H and O–H groups in total. The van der Waals surface area contributed by atoms with Crippen LogP contribution in [-0.2, 0) is 20.6 Å². The molecule has 2 aliphatic heterocycles. The van der Waals surface area contributed by atoms with E-state index in [-0.39, 0.29) is 11.7 Å². The Labute approximate surface area is 174 Å². The van der Waals surface area contributed by atoms with Crippen molar-refractivity contribution in [2.75, 3.05) is 45.8 Å². The number of carbonyl (C=O) groups excluding carboxylic acids is 1. The Hall–Kier alpha value is -1.44. The molecule has 2 saturated heterocycles. The molecule has 1 aromatic rings. The summed E-state index contributed by atoms with van der Waals surface area (Å²) in [6.07, 6.45) is 6.61. The molecule has 4 rings (SSSR count). The van der Waals surface area contributed by atoms with Crippen LogP contribution in [-0.4, -0.2) is 74.2 Å². The Morgan fingerprint density at radius 1 is 0.897 bits per heavy atom. The molecule has 1 amide bonds. The zero-order chi connectivity index (χ0) is 20.3. The van der Waals surface area contributed by atoms with Gasteiger partial charge >= 0.3 is 0 Å². The van der Waals surface area contributed by atoms with E-state index in [1.165, 1.54) is 36.4 Å². The smallest absolute Gasteiger partial charge is 0.236 e. The zero-order valence-corrected chi connectivity index (χ0v) is 18.0. The van der Waals surface area contributed by atoms with E-state index in [1.54, 1.807) is 0 Å². The van der Waals surface area contributed by atoms with E-state index < -0.39 is 10.0 Å². The second-order valence-electron chi connectivity index (χ2n) is 8.85. The van der Waals surface area contributed by atoms with Crippen molar-refractivity contribution in [1.82, 2.24) is 14.1 Å². The second kappa shape index (κ2) is 9.14. The number of rotatable bonds is 5. The Kier molecular flexibility index (Phi) is 6.56. The molecule has 1 aromatic carbocycles. The summed E-state index contributed by atoms with van der Waals surface area (Å²) in [5, 5.41) is 0. The Morgan fingerprint density at radius 3 is 2.31 bits per heavy atom. The van der Waals surface area contributed by atoms with Crippen molar-refractivity contribution in [3.63, 3.8) is 0 Å². The quantitative estimate of drug-likeness (QED) is 0.734. The first-order valence-electron chi connectivity index (χ1n) is 11.0. The lowest BCUT2D eigenvalue weighted by Gasteiger charge is -2.42. The molecule has 0 radical (unpaired) electrons. The van der Waals surface area contributed by atoms with Crippen molar-refractivity contribution in [3.05, 3.63) is 35.9 Å². The van der Waals surface area contributed by atoms with Crippen LogP contribution in [0.4, 0.5) is 0 Å². The van der Waals surface area contributed by atoms with Crippen LogP contribution in [0.2, 0.25) is 0 Å². The van der Waals surface area contributed by atoms with Gasteiger partial charge in [0.25, 0.3) is 0 Å². The average molecular weight is 420 g/mol. The Bertz CT molecular complexity index is 791. The molecule has 1 aliphatic carbocycles. The van der Waals surface area contributed by atoms with Crippen molar-refractivity contribution in [3.8, 4) is 0 Å². The van der Waals surface area contributed by atoms with Crippen LogP contribution in [0.3, 0.4) is 0 Å². The topological polar surface area (TPSA) is 60.9 Å². The van der Waals surface area contributed by atoms with Gasteiger partial charge in [-0.05, 0) is 36.8 Å². The predicted octanol–water partition coefficient (Wildman–Crippen LogP) is 2.17. The van der Waals surface area contributed by atoms with Crippen LogP contribution < -0.4 is 0 Å². The average Bonchev–Trinajstić information content (AvgIpc) is 2.74. The van der Waals surface area contributed by atoms with Crippen molar-refractivity contribution >= 4 is 15.9 Å². The number of nitrogens with zero attached hydrogens (tertiary/aromatic N) is 3. The van der Waals surface area contributed by atoms with Crippen LogP contribution in [0.1, 0.15) is 37.7 Å². The highest BCUT2D eigenvalue weighted by Crippen LogP contribution is 2.35. The summed E-state index contributed by atoms with van der Waals surface area (Å²) in [7, 11) is -3.34. The maximum absolute atomic E-state index is 12.8. The van der Waals surface area contributed by atoms with E-state index in [9.17, 15) is 13.2 Å². The Morgan fingerprint density at radius 2 is 1.59 bits per heavy atom. The summed E-state index contributed by atoms with van der Waals surface area (Å²) in [4.78, 5) is 17.0. The maximum Gasteiger partial charge on any atom is 0.236 e. The molecule has 160 valence electrons. The molecule has 2 heterocycles. The van der Waals surface area contributed by atoms with E-state index in [1.807, 2.05) is 35.2 Å². The number of benzene rings is 1. The fourth-order valence-electron chi connectivity index (χ4n) is 5.20. The van der Waals surface area contributed by atoms with Crippen LogP contribution in [0.15, 0.2) is 30.3 Å². The van der Waals surface area contributed by atoms with Crippen molar-refractivity contribution in [2.24, 2.45) is 11.8 Å². The third kappa shape index (κ3) is 5.19. The summed E-state index contributed by atoms with van der Waals surface area (Å²) in [6, 6.07) is 9.28. The van der Waals surface area contributed by atoms with Gasteiger partial charge in [0.2, 0.25) is 15.9 Å². The molecular formula is C22H33N3O3S. The standard InChI is InChI=1S/C22H33N3O3S/c26-22(17-23-11-10-20-8-4-5-9-21(20)16-23)24-12-14-25(15-13-24)29(27,28)18-19-6-2-1-3-7-19/h1-3,6-7,20-21H,4-5,8-18H2/t20-,21-/m1/s1. The van der Waals surface area contributed by atoms with Gasteiger partial charge in [-0.2, -0.15) is 4.31 Å². The van der Waals surface area contributed by atoms with Crippen molar-refractivity contribution in [1.29, 1.82) is 0 Å². The van der Waals surface area contributed by atoms with E-state index in [0.717, 1.165) is 30.5 Å². The van der Waals surface area contributed by atoms with Gasteiger partial charge in [0.15, 0.2) is 0 Å². The molecule has 1 saturated carbocycles. The van der Waals surface area contributed by atoms with E-state index in [0.29, 0.717) is 32.7 Å². The number of carbonyl (C=O) groups is 1. The number of hydrogen-bond donors (Lipinski definition) is 0. The highest BCUT2D eigenvalue weighted by atomic mass is 32.2. The maximum atomic E-state index is 12.8. The van der Waals surface area contributed by atoms with Crippen molar-refractivity contribution < 1.29 is 13.2 Å². The van der Waals surface area contributed by atoms with Gasteiger partial charge in [0, 0.05) is 32.7 Å². The van der Waals surface area contributed by atoms with Gasteiger partial charge in [0.05, 0.1) is 12.3 Å². The molecule has 2 atom stereocenters. The van der Waals surface area contributed by atoms with Gasteiger partial charge in [-0.25, -0.2) is 8.42 Å². The molecule has 0 spiro atoms. The summed E-state index contributed by atoms with van der Waals surface area (Å²) in [5.74, 6) is 1.82. The molecule has 0 unspecified atom stereocenters. The van der Waals surface area contributed by atoms with E-state index >= 15 is 0 Å². The van der Waals surface area contributed by atoms with Gasteiger partial charge < -0.3 is 4.90 Å². The first-order chi connectivity index (χ1) is 14.0. The third-order valence-electron chi connectivity index (χ3n) is 6.91. The molecule has 7 heteroatoms. The number of sulfonamides is 1. The van der Waals surface area contributed by atoms with Crippen LogP contribution in [0.25, 0.3) is 0 Å². The SMILES string of the molecule is O=C(CN1CC[C@H]2CCCC[C@@H]2C1)N1CCN(S(=O)(=O)Cc2ccccc2)CC1. The van der Waals surface area contributed by atoms with E-state index in [4.69, 9.17) is 0 Å². The van der Waals surface area contributed by atoms with Gasteiger partial charge in [-0.15, -0.1) is 0 Å². The van der Waals surface area contributed by atoms with Gasteiger partial charge in [0.1, 0.15) is 0 Å². The third-order valence-corrected chi connectivity index (χ3v) is 8.76. The van der Waals surface area contributed by atoms with E-state index in [2.05, 4.69) is 4.90 Å². The lowest BCUT2D eigenvalue weighted by atomic mass is 9.75. The molecule has 29 heavy (non-hydrogen) atoms. The normalized spacial score (nSPS) is 26.8. The minimum Gasteiger partial charge on any atom is -0.339 e. The highest BCUT2D eigenvalue weighted by Gasteiger charge is 2.33. The summed E-state index contributed by atoms with van der Waals surface area (Å²) < 4.78 is 26.9. The number of likely N-dealkylation sites (tertiary alicyclic amines) is 1. The fourth-order valence-corrected chi connectivity index (χ4v) is 6.72. The molecule has 0 aromatic heterocycles. The lowest BCUT2D eigenvalue weighted by Crippen LogP contribution is -2.53. The highest BCUT2D eigenvalue weighted by molar-refractivity contribution is 7.88. The number of fused-ring (bicyclic) bond motifs is 1. The molecule has 6 nitrogen and oxygen atoms in total. The second-order valence-corrected chi connectivity index (χ2v) is 10.8. The largest absolute Gasteiger partial charge is 0.339 e. The predicted molar refractivity (Wildman–Crippen MR) is 114 cm³/mol.